The van der Waals surface area contributed by atoms with Crippen molar-refractivity contribution in [3.63, 3.8) is 0 Å². The standard InChI is InChI=1S/C16H14BrNO/c1-11-14(17)7-4-8-15(11)18-10-9-12-5-2-3-6-13(12)16(18)19/h2-8H,9-10H2,1H3. The van der Waals surface area contributed by atoms with Gasteiger partial charge < -0.3 is 4.90 Å². The number of benzene rings is 2. The van der Waals surface area contributed by atoms with Gasteiger partial charge >= 0.3 is 0 Å². The fourth-order valence-corrected chi connectivity index (χ4v) is 2.90. The first-order valence-corrected chi connectivity index (χ1v) is 7.12. The number of carbonyl (C=O) groups excluding carboxylic acids is 1. The van der Waals surface area contributed by atoms with Crippen molar-refractivity contribution in [2.45, 2.75) is 13.3 Å². The van der Waals surface area contributed by atoms with Crippen molar-refractivity contribution in [2.24, 2.45) is 0 Å². The van der Waals surface area contributed by atoms with Gasteiger partial charge in [0.25, 0.3) is 5.91 Å². The van der Waals surface area contributed by atoms with E-state index in [1.165, 1.54) is 0 Å². The van der Waals surface area contributed by atoms with Crippen LogP contribution < -0.4 is 4.90 Å². The highest BCUT2D eigenvalue weighted by Crippen LogP contribution is 2.30. The number of nitrogens with zero attached hydrogens (tertiary/aromatic N) is 1. The lowest BCUT2D eigenvalue weighted by Gasteiger charge is -2.30. The second-order valence-electron chi connectivity index (χ2n) is 4.75. The van der Waals surface area contributed by atoms with E-state index in [0.717, 1.165) is 39.8 Å². The zero-order valence-electron chi connectivity index (χ0n) is 10.7. The molecule has 19 heavy (non-hydrogen) atoms. The van der Waals surface area contributed by atoms with Crippen LogP contribution in [0.3, 0.4) is 0 Å². The van der Waals surface area contributed by atoms with Crippen LogP contribution in [0.2, 0.25) is 0 Å². The minimum atomic E-state index is 0.100. The lowest BCUT2D eigenvalue weighted by atomic mass is 9.98. The lowest BCUT2D eigenvalue weighted by molar-refractivity contribution is 0.0980. The van der Waals surface area contributed by atoms with Gasteiger partial charge in [-0.2, -0.15) is 0 Å². The summed E-state index contributed by atoms with van der Waals surface area (Å²) in [5.74, 6) is 0.100. The van der Waals surface area contributed by atoms with Crippen LogP contribution in [0.5, 0.6) is 0 Å². The Morgan fingerprint density at radius 3 is 2.74 bits per heavy atom. The average molecular weight is 316 g/mol. The first-order valence-electron chi connectivity index (χ1n) is 6.33. The molecule has 3 heteroatoms. The summed E-state index contributed by atoms with van der Waals surface area (Å²) in [6.45, 7) is 2.78. The van der Waals surface area contributed by atoms with Gasteiger partial charge in [0.2, 0.25) is 0 Å². The maximum Gasteiger partial charge on any atom is 0.258 e. The van der Waals surface area contributed by atoms with Crippen molar-refractivity contribution in [1.82, 2.24) is 0 Å². The van der Waals surface area contributed by atoms with E-state index >= 15 is 0 Å². The summed E-state index contributed by atoms with van der Waals surface area (Å²) in [7, 11) is 0. The Hall–Kier alpha value is -1.61. The van der Waals surface area contributed by atoms with Crippen LogP contribution in [0.25, 0.3) is 0 Å². The van der Waals surface area contributed by atoms with Crippen molar-refractivity contribution in [3.8, 4) is 0 Å². The topological polar surface area (TPSA) is 20.3 Å². The van der Waals surface area contributed by atoms with Crippen molar-refractivity contribution >= 4 is 27.5 Å². The zero-order valence-corrected chi connectivity index (χ0v) is 12.3. The Balaban J connectivity index is 2.05. The monoisotopic (exact) mass is 315 g/mol. The fourth-order valence-electron chi connectivity index (χ4n) is 2.54. The van der Waals surface area contributed by atoms with Crippen LogP contribution >= 0.6 is 15.9 Å². The van der Waals surface area contributed by atoms with E-state index in [-0.39, 0.29) is 5.91 Å². The van der Waals surface area contributed by atoms with Crippen LogP contribution in [0, 0.1) is 6.92 Å². The third-order valence-corrected chi connectivity index (χ3v) is 4.49. The predicted molar refractivity (Wildman–Crippen MR) is 80.7 cm³/mol. The molecule has 1 aliphatic heterocycles. The zero-order chi connectivity index (χ0) is 13.4. The Kier molecular flexibility index (Phi) is 3.15. The lowest BCUT2D eigenvalue weighted by Crippen LogP contribution is -2.38. The van der Waals surface area contributed by atoms with Gasteiger partial charge in [-0.1, -0.05) is 40.2 Å². The number of anilines is 1. The maximum absolute atomic E-state index is 12.6. The second kappa shape index (κ2) is 4.82. The summed E-state index contributed by atoms with van der Waals surface area (Å²) in [6.07, 6.45) is 0.911. The molecule has 0 bridgehead atoms. The maximum atomic E-state index is 12.6. The minimum Gasteiger partial charge on any atom is -0.308 e. The molecule has 0 saturated carbocycles. The second-order valence-corrected chi connectivity index (χ2v) is 5.60. The summed E-state index contributed by atoms with van der Waals surface area (Å²) < 4.78 is 1.04. The molecule has 96 valence electrons. The largest absolute Gasteiger partial charge is 0.308 e. The van der Waals surface area contributed by atoms with E-state index in [4.69, 9.17) is 0 Å². The summed E-state index contributed by atoms with van der Waals surface area (Å²) in [5, 5.41) is 0. The highest BCUT2D eigenvalue weighted by Gasteiger charge is 2.26. The van der Waals surface area contributed by atoms with Crippen LogP contribution in [0.1, 0.15) is 21.5 Å². The van der Waals surface area contributed by atoms with E-state index in [0.29, 0.717) is 0 Å². The number of hydrogen-bond acceptors (Lipinski definition) is 1. The van der Waals surface area contributed by atoms with Gasteiger partial charge in [0.05, 0.1) is 0 Å². The molecule has 1 amide bonds. The fraction of sp³-hybridized carbons (Fsp3) is 0.188. The smallest absolute Gasteiger partial charge is 0.258 e. The van der Waals surface area contributed by atoms with E-state index in [1.54, 1.807) is 0 Å². The Morgan fingerprint density at radius 2 is 1.89 bits per heavy atom. The molecule has 1 heterocycles. The summed E-state index contributed by atoms with van der Waals surface area (Å²) in [5.41, 5.74) is 4.08. The molecule has 0 unspecified atom stereocenters. The normalized spacial score (nSPS) is 14.4. The number of amides is 1. The number of halogens is 1. The SMILES string of the molecule is Cc1c(Br)cccc1N1CCc2ccccc2C1=O. The molecule has 0 saturated heterocycles. The molecule has 0 atom stereocenters. The molecule has 1 aliphatic rings. The molecule has 0 fully saturated rings. The van der Waals surface area contributed by atoms with Gasteiger partial charge in [-0.15, -0.1) is 0 Å². The molecular formula is C16H14BrNO. The quantitative estimate of drug-likeness (QED) is 0.780. The molecule has 3 rings (SSSR count). The third-order valence-electron chi connectivity index (χ3n) is 3.63. The first kappa shape index (κ1) is 12.4. The van der Waals surface area contributed by atoms with E-state index in [9.17, 15) is 4.79 Å². The van der Waals surface area contributed by atoms with Crippen LogP contribution in [-0.2, 0) is 6.42 Å². The molecule has 2 nitrogen and oxygen atoms in total. The van der Waals surface area contributed by atoms with Crippen molar-refractivity contribution in [2.75, 3.05) is 11.4 Å². The van der Waals surface area contributed by atoms with Crippen molar-refractivity contribution in [1.29, 1.82) is 0 Å². The first-order chi connectivity index (χ1) is 9.18. The third kappa shape index (κ3) is 2.08. The molecule has 0 radical (unpaired) electrons. The average Bonchev–Trinajstić information content (AvgIpc) is 2.43. The molecule has 0 N–H and O–H groups in total. The molecule has 0 spiro atoms. The van der Waals surface area contributed by atoms with Crippen molar-refractivity contribution in [3.05, 3.63) is 63.6 Å². The molecule has 0 aromatic heterocycles. The van der Waals surface area contributed by atoms with Crippen LogP contribution in [0.15, 0.2) is 46.9 Å². The van der Waals surface area contributed by atoms with Gasteiger partial charge in [0.1, 0.15) is 0 Å². The highest BCUT2D eigenvalue weighted by molar-refractivity contribution is 9.10. The highest BCUT2D eigenvalue weighted by atomic mass is 79.9. The van der Waals surface area contributed by atoms with Crippen LogP contribution in [0.4, 0.5) is 5.69 Å². The van der Waals surface area contributed by atoms with Crippen molar-refractivity contribution < 1.29 is 4.79 Å². The van der Waals surface area contributed by atoms with Gasteiger partial charge in [-0.05, 0) is 42.7 Å². The minimum absolute atomic E-state index is 0.100. The molecule has 0 aliphatic carbocycles. The Morgan fingerprint density at radius 1 is 1.11 bits per heavy atom. The predicted octanol–water partition coefficient (Wildman–Crippen LogP) is 3.96. The Bertz CT molecular complexity index is 651. The van der Waals surface area contributed by atoms with E-state index in [1.807, 2.05) is 54.3 Å². The van der Waals surface area contributed by atoms with E-state index in [2.05, 4.69) is 15.9 Å². The van der Waals surface area contributed by atoms with Gasteiger partial charge in [0, 0.05) is 22.3 Å². The number of carbonyl (C=O) groups is 1. The Labute approximate surface area is 121 Å². The number of fused-ring (bicyclic) bond motifs is 1. The number of rotatable bonds is 1. The summed E-state index contributed by atoms with van der Waals surface area (Å²) in [4.78, 5) is 14.5. The summed E-state index contributed by atoms with van der Waals surface area (Å²) in [6, 6.07) is 13.9. The molecular weight excluding hydrogens is 302 g/mol. The molecule has 2 aromatic rings. The number of hydrogen-bond donors (Lipinski definition) is 0. The van der Waals surface area contributed by atoms with Crippen LogP contribution in [-0.4, -0.2) is 12.5 Å². The molecule has 2 aromatic carbocycles. The summed E-state index contributed by atoms with van der Waals surface area (Å²) >= 11 is 3.53. The van der Waals surface area contributed by atoms with Gasteiger partial charge in [-0.25, -0.2) is 0 Å². The van der Waals surface area contributed by atoms with E-state index < -0.39 is 0 Å². The van der Waals surface area contributed by atoms with Gasteiger partial charge in [0.15, 0.2) is 0 Å². The van der Waals surface area contributed by atoms with Gasteiger partial charge in [-0.3, -0.25) is 4.79 Å².